The minimum absolute atomic E-state index is 0.121. The number of aromatic nitrogens is 2. The van der Waals surface area contributed by atoms with E-state index in [1.54, 1.807) is 55.8 Å². The molecule has 3 amide bonds. The number of nitrogens with one attached hydrogen (secondary N) is 2. The molecule has 0 fully saturated rings. The van der Waals surface area contributed by atoms with E-state index in [4.69, 9.17) is 16.2 Å². The monoisotopic (exact) mass is 572 g/mol. The van der Waals surface area contributed by atoms with Crippen LogP contribution in [0.2, 0.25) is 0 Å². The molecule has 0 aliphatic rings. The second-order valence-electron chi connectivity index (χ2n) is 9.02. The molecule has 0 aliphatic heterocycles. The summed E-state index contributed by atoms with van der Waals surface area (Å²) >= 11 is 0.644. The Morgan fingerprint density at radius 2 is 1.78 bits per heavy atom. The number of halogens is 1. The van der Waals surface area contributed by atoms with Crippen molar-refractivity contribution in [2.24, 2.45) is 5.73 Å². The van der Waals surface area contributed by atoms with E-state index in [2.05, 4.69) is 14.7 Å². The van der Waals surface area contributed by atoms with Gasteiger partial charge in [0.15, 0.2) is 5.69 Å². The van der Waals surface area contributed by atoms with Gasteiger partial charge in [0.2, 0.25) is 5.91 Å². The predicted molar refractivity (Wildman–Crippen MR) is 154 cm³/mol. The van der Waals surface area contributed by atoms with Crippen LogP contribution in [-0.4, -0.2) is 34.2 Å². The van der Waals surface area contributed by atoms with Crippen molar-refractivity contribution in [1.82, 2.24) is 14.7 Å². The maximum Gasteiger partial charge on any atom is 0.273 e. The number of para-hydroxylation sites is 2. The zero-order valence-electron chi connectivity index (χ0n) is 21.8. The number of nitrogen functional groups attached to an aromatic ring is 1. The highest BCUT2D eigenvalue weighted by Crippen LogP contribution is 2.37. The van der Waals surface area contributed by atoms with Crippen LogP contribution >= 0.6 is 11.5 Å². The summed E-state index contributed by atoms with van der Waals surface area (Å²) in [6, 6.07) is 18.6. The molecule has 5 aromatic rings. The quantitative estimate of drug-likeness (QED) is 0.208. The fourth-order valence-electron chi connectivity index (χ4n) is 4.50. The number of hydrogen-bond donors (Lipinski definition) is 4. The maximum atomic E-state index is 15.4. The number of anilines is 2. The number of benzene rings is 3. The van der Waals surface area contributed by atoms with Gasteiger partial charge < -0.3 is 26.5 Å². The van der Waals surface area contributed by atoms with Gasteiger partial charge in [0.05, 0.1) is 18.5 Å². The van der Waals surface area contributed by atoms with Gasteiger partial charge in [-0.05, 0) is 47.4 Å². The Hall–Kier alpha value is -5.23. The van der Waals surface area contributed by atoms with Crippen LogP contribution in [0.15, 0.2) is 79.0 Å². The van der Waals surface area contributed by atoms with E-state index in [0.717, 1.165) is 10.5 Å². The summed E-state index contributed by atoms with van der Waals surface area (Å²) < 4.78 is 24.5. The van der Waals surface area contributed by atoms with Gasteiger partial charge in [0.1, 0.15) is 22.5 Å². The number of amides is 3. The number of rotatable bonds is 9. The Morgan fingerprint density at radius 1 is 1.07 bits per heavy atom. The van der Waals surface area contributed by atoms with Crippen LogP contribution in [0.1, 0.15) is 37.3 Å². The van der Waals surface area contributed by atoms with Crippen molar-refractivity contribution in [3.05, 3.63) is 107 Å². The Morgan fingerprint density at radius 3 is 2.46 bits per heavy atom. The van der Waals surface area contributed by atoms with Crippen molar-refractivity contribution in [2.75, 3.05) is 17.7 Å². The Bertz CT molecular complexity index is 1750. The number of ether oxygens (including phenoxy) is 1. The first-order valence-electron chi connectivity index (χ1n) is 12.4. The Balaban J connectivity index is 1.64. The van der Waals surface area contributed by atoms with Gasteiger partial charge in [0.25, 0.3) is 11.8 Å². The SMILES string of the molecule is COc1ccc(CNC(=O)[C@@H](c2c[nH]c3ccccc23)N(C(=O)c2snc(C(N)=O)c2N)c2ccccc2F)cc1. The summed E-state index contributed by atoms with van der Waals surface area (Å²) in [6.07, 6.45) is 1.61. The fourth-order valence-corrected chi connectivity index (χ4v) is 5.24. The van der Waals surface area contributed by atoms with Crippen LogP contribution in [0.5, 0.6) is 5.75 Å². The largest absolute Gasteiger partial charge is 0.497 e. The lowest BCUT2D eigenvalue weighted by Gasteiger charge is -2.31. The van der Waals surface area contributed by atoms with Crippen molar-refractivity contribution in [3.63, 3.8) is 0 Å². The molecule has 0 radical (unpaired) electrons. The molecule has 3 aromatic carbocycles. The second kappa shape index (κ2) is 11.5. The number of nitrogens with zero attached hydrogens (tertiary/aromatic N) is 2. The maximum absolute atomic E-state index is 15.4. The zero-order valence-corrected chi connectivity index (χ0v) is 22.6. The summed E-state index contributed by atoms with van der Waals surface area (Å²) in [7, 11) is 1.55. The molecule has 12 heteroatoms. The first-order chi connectivity index (χ1) is 19.8. The number of carbonyl (C=O) groups excluding carboxylic acids is 3. The predicted octanol–water partition coefficient (Wildman–Crippen LogP) is 4.16. The summed E-state index contributed by atoms with van der Waals surface area (Å²) in [6.45, 7) is 0.121. The minimum atomic E-state index is -1.35. The Kier molecular flexibility index (Phi) is 7.66. The number of aromatic amines is 1. The lowest BCUT2D eigenvalue weighted by Crippen LogP contribution is -2.44. The molecule has 5 rings (SSSR count). The highest BCUT2D eigenvalue weighted by atomic mass is 32.1. The summed E-state index contributed by atoms with van der Waals surface area (Å²) in [4.78, 5) is 44.0. The van der Waals surface area contributed by atoms with Crippen molar-refractivity contribution < 1.29 is 23.5 Å². The van der Waals surface area contributed by atoms with Gasteiger partial charge >= 0.3 is 0 Å². The van der Waals surface area contributed by atoms with E-state index in [1.807, 2.05) is 12.1 Å². The molecule has 1 atom stereocenters. The molecule has 0 bridgehead atoms. The van der Waals surface area contributed by atoms with Gasteiger partial charge in [-0.2, -0.15) is 4.37 Å². The molecule has 10 nitrogen and oxygen atoms in total. The van der Waals surface area contributed by atoms with E-state index in [1.165, 1.54) is 18.2 Å². The first kappa shape index (κ1) is 27.3. The number of H-pyrrole nitrogens is 1. The molecule has 0 aliphatic carbocycles. The topological polar surface area (TPSA) is 156 Å². The van der Waals surface area contributed by atoms with Crippen LogP contribution in [0.25, 0.3) is 10.9 Å². The third-order valence-electron chi connectivity index (χ3n) is 6.53. The number of fused-ring (bicyclic) bond motifs is 1. The zero-order chi connectivity index (χ0) is 29.1. The lowest BCUT2D eigenvalue weighted by atomic mass is 10.0. The fraction of sp³-hybridized carbons (Fsp3) is 0.103. The van der Waals surface area contributed by atoms with Gasteiger partial charge in [-0.1, -0.05) is 42.5 Å². The van der Waals surface area contributed by atoms with Gasteiger partial charge in [0, 0.05) is 29.2 Å². The van der Waals surface area contributed by atoms with E-state index < -0.39 is 29.6 Å². The van der Waals surface area contributed by atoms with Crippen LogP contribution in [0.3, 0.4) is 0 Å². The van der Waals surface area contributed by atoms with Crippen LogP contribution in [0.4, 0.5) is 15.8 Å². The van der Waals surface area contributed by atoms with Crippen molar-refractivity contribution in [3.8, 4) is 5.75 Å². The summed E-state index contributed by atoms with van der Waals surface area (Å²) in [5.74, 6) is -2.41. The molecular formula is C29H25FN6O4S. The van der Waals surface area contributed by atoms with E-state index in [-0.39, 0.29) is 28.5 Å². The molecule has 208 valence electrons. The van der Waals surface area contributed by atoms with Crippen molar-refractivity contribution >= 4 is 51.5 Å². The third kappa shape index (κ3) is 5.32. The number of carbonyl (C=O) groups is 3. The molecule has 0 saturated carbocycles. The van der Waals surface area contributed by atoms with Crippen LogP contribution in [0, 0.1) is 5.82 Å². The first-order valence-corrected chi connectivity index (χ1v) is 13.2. The lowest BCUT2D eigenvalue weighted by molar-refractivity contribution is -0.122. The highest BCUT2D eigenvalue weighted by molar-refractivity contribution is 7.09. The number of methoxy groups -OCH3 is 1. The molecule has 6 N–H and O–H groups in total. The molecule has 41 heavy (non-hydrogen) atoms. The van der Waals surface area contributed by atoms with Crippen molar-refractivity contribution in [1.29, 1.82) is 0 Å². The number of nitrogens with two attached hydrogens (primary N) is 2. The van der Waals surface area contributed by atoms with E-state index in [0.29, 0.717) is 33.7 Å². The van der Waals surface area contributed by atoms with E-state index >= 15 is 4.39 Å². The van der Waals surface area contributed by atoms with Crippen molar-refractivity contribution in [2.45, 2.75) is 12.6 Å². The molecule has 2 heterocycles. The van der Waals surface area contributed by atoms with Gasteiger partial charge in [-0.15, -0.1) is 0 Å². The third-order valence-corrected chi connectivity index (χ3v) is 7.39. The summed E-state index contributed by atoms with van der Waals surface area (Å²) in [5, 5.41) is 3.53. The average molecular weight is 573 g/mol. The van der Waals surface area contributed by atoms with E-state index in [9.17, 15) is 14.4 Å². The molecule has 0 unspecified atom stereocenters. The normalized spacial score (nSPS) is 11.7. The standard InChI is InChI=1S/C29H25FN6O4S/c1-40-17-12-10-16(11-13-17)14-34-28(38)25(19-15-33-21-8-4-2-6-18(19)21)36(22-9-5-3-7-20(22)30)29(39)26-23(31)24(27(32)37)35-41-26/h2-13,15,25,33H,14,31H2,1H3,(H2,32,37)(H,34,38)/t25-/m1/s1. The second-order valence-corrected chi connectivity index (χ2v) is 9.80. The Labute approximate surface area is 237 Å². The highest BCUT2D eigenvalue weighted by Gasteiger charge is 2.38. The number of hydrogen-bond acceptors (Lipinski definition) is 7. The minimum Gasteiger partial charge on any atom is -0.497 e. The van der Waals surface area contributed by atoms with Gasteiger partial charge in [-0.25, -0.2) is 4.39 Å². The van der Waals surface area contributed by atoms with Crippen LogP contribution < -0.4 is 26.4 Å². The van der Waals surface area contributed by atoms with Gasteiger partial charge in [-0.3, -0.25) is 19.3 Å². The smallest absolute Gasteiger partial charge is 0.273 e. The molecule has 0 spiro atoms. The molecule has 0 saturated heterocycles. The molecule has 2 aromatic heterocycles. The average Bonchev–Trinajstić information content (AvgIpc) is 3.58. The number of primary amides is 1. The molecular weight excluding hydrogens is 547 g/mol. The summed E-state index contributed by atoms with van der Waals surface area (Å²) in [5.41, 5.74) is 12.7. The van der Waals surface area contributed by atoms with Crippen LogP contribution in [-0.2, 0) is 11.3 Å².